The molecule has 4 N–H and O–H groups in total. The van der Waals surface area contributed by atoms with Crippen LogP contribution in [0.2, 0.25) is 5.02 Å². The molecule has 1 aromatic carbocycles. The zero-order valence-electron chi connectivity index (χ0n) is 16.5. The van der Waals surface area contributed by atoms with Gasteiger partial charge in [0.25, 0.3) is 0 Å². The maximum Gasteiger partial charge on any atom is 0.410 e. The highest BCUT2D eigenvalue weighted by Crippen LogP contribution is 2.34. The Balaban J connectivity index is 1.78. The Hall–Kier alpha value is -2.48. The predicted molar refractivity (Wildman–Crippen MR) is 110 cm³/mol. The smallest absolute Gasteiger partial charge is 0.410 e. The van der Waals surface area contributed by atoms with Crippen molar-refractivity contribution in [1.29, 1.82) is 0 Å². The molecule has 9 heteroatoms. The van der Waals surface area contributed by atoms with Gasteiger partial charge in [-0.3, -0.25) is 0 Å². The monoisotopic (exact) mass is 406 g/mol. The third-order valence-electron chi connectivity index (χ3n) is 4.78. The molecule has 2 aliphatic heterocycles. The summed E-state index contributed by atoms with van der Waals surface area (Å²) >= 11 is 6.12. The van der Waals surface area contributed by atoms with Gasteiger partial charge in [-0.1, -0.05) is 23.7 Å². The van der Waals surface area contributed by atoms with Gasteiger partial charge < -0.3 is 26.0 Å². The van der Waals surface area contributed by atoms with Gasteiger partial charge in [-0.2, -0.15) is 4.99 Å². The number of ether oxygens (including phenoxy) is 1. The number of guanidine groups is 2. The standard InChI is InChI=1S/C19H27ClN6O2/c1-18(2,3)28-17(27)25-9-7-19(8-10-25)24-15(21)23-16(22)26(19)12-13-5-4-6-14(20)11-13/h4-6,11H,7-10,12H2,1-3H3,(H4,21,22,23,24). The lowest BCUT2D eigenvalue weighted by molar-refractivity contribution is 0.00598. The maximum absolute atomic E-state index is 12.4. The molecule has 1 amide bonds. The Labute approximate surface area is 170 Å². The number of nitrogens with two attached hydrogens (primary N) is 2. The van der Waals surface area contributed by atoms with Crippen LogP contribution >= 0.6 is 11.6 Å². The summed E-state index contributed by atoms with van der Waals surface area (Å²) in [6.07, 6.45) is 0.825. The molecular weight excluding hydrogens is 380 g/mol. The molecule has 8 nitrogen and oxygen atoms in total. The van der Waals surface area contributed by atoms with Gasteiger partial charge in [0.2, 0.25) is 11.9 Å². The van der Waals surface area contributed by atoms with E-state index < -0.39 is 11.3 Å². The van der Waals surface area contributed by atoms with Gasteiger partial charge in [0.05, 0.1) is 0 Å². The van der Waals surface area contributed by atoms with E-state index in [4.69, 9.17) is 27.8 Å². The van der Waals surface area contributed by atoms with Gasteiger partial charge >= 0.3 is 6.09 Å². The van der Waals surface area contributed by atoms with E-state index in [1.807, 2.05) is 49.9 Å². The van der Waals surface area contributed by atoms with Crippen molar-refractivity contribution in [2.24, 2.45) is 21.5 Å². The highest BCUT2D eigenvalue weighted by molar-refractivity contribution is 6.30. The molecule has 1 fully saturated rings. The van der Waals surface area contributed by atoms with Crippen LogP contribution in [0.1, 0.15) is 39.2 Å². The van der Waals surface area contributed by atoms with Gasteiger partial charge in [0.15, 0.2) is 0 Å². The molecule has 0 radical (unpaired) electrons. The number of hydrogen-bond acceptors (Lipinski definition) is 7. The summed E-state index contributed by atoms with van der Waals surface area (Å²) in [6, 6.07) is 7.58. The van der Waals surface area contributed by atoms with Crippen LogP contribution in [0.4, 0.5) is 4.79 Å². The summed E-state index contributed by atoms with van der Waals surface area (Å²) < 4.78 is 5.48. The van der Waals surface area contributed by atoms with Crippen molar-refractivity contribution in [1.82, 2.24) is 9.80 Å². The van der Waals surface area contributed by atoms with Crippen LogP contribution in [0.15, 0.2) is 34.3 Å². The largest absolute Gasteiger partial charge is 0.444 e. The zero-order valence-corrected chi connectivity index (χ0v) is 17.2. The second-order valence-corrected chi connectivity index (χ2v) is 8.54. The number of amides is 1. The third kappa shape index (κ3) is 4.49. The lowest BCUT2D eigenvalue weighted by Crippen LogP contribution is -2.61. The summed E-state index contributed by atoms with van der Waals surface area (Å²) in [4.78, 5) is 24.8. The lowest BCUT2D eigenvalue weighted by atomic mass is 9.94. The van der Waals surface area contributed by atoms with Crippen LogP contribution in [-0.4, -0.2) is 52.2 Å². The molecule has 0 aliphatic carbocycles. The van der Waals surface area contributed by atoms with E-state index in [0.717, 1.165) is 5.56 Å². The Morgan fingerprint density at radius 3 is 2.57 bits per heavy atom. The van der Waals surface area contributed by atoms with Crippen LogP contribution in [0, 0.1) is 0 Å². The number of carbonyl (C=O) groups excluding carboxylic acids is 1. The molecule has 2 aliphatic rings. The average molecular weight is 407 g/mol. The first-order chi connectivity index (χ1) is 13.1. The number of nitrogens with zero attached hydrogens (tertiary/aromatic N) is 4. The quantitative estimate of drug-likeness (QED) is 0.784. The molecule has 3 rings (SSSR count). The Morgan fingerprint density at radius 2 is 1.96 bits per heavy atom. The van der Waals surface area contributed by atoms with Gasteiger partial charge in [-0.05, 0) is 38.5 Å². The third-order valence-corrected chi connectivity index (χ3v) is 5.01. The second-order valence-electron chi connectivity index (χ2n) is 8.11. The minimum Gasteiger partial charge on any atom is -0.444 e. The number of piperidine rings is 1. The summed E-state index contributed by atoms with van der Waals surface area (Å²) in [5.41, 5.74) is 12.0. The van der Waals surface area contributed by atoms with Crippen LogP contribution in [0.25, 0.3) is 0 Å². The second kappa shape index (κ2) is 7.50. The topological polar surface area (TPSA) is 110 Å². The molecule has 1 spiro atoms. The summed E-state index contributed by atoms with van der Waals surface area (Å²) in [5.74, 6) is 0.476. The highest BCUT2D eigenvalue weighted by Gasteiger charge is 2.44. The van der Waals surface area contributed by atoms with Crippen molar-refractivity contribution in [3.05, 3.63) is 34.9 Å². The van der Waals surface area contributed by atoms with Crippen LogP contribution in [0.3, 0.4) is 0 Å². The van der Waals surface area contributed by atoms with Crippen molar-refractivity contribution in [2.75, 3.05) is 13.1 Å². The normalized spacial score (nSPS) is 19.3. The van der Waals surface area contributed by atoms with Gasteiger partial charge in [-0.15, -0.1) is 0 Å². The van der Waals surface area contributed by atoms with Gasteiger partial charge in [0.1, 0.15) is 11.3 Å². The molecule has 1 saturated heterocycles. The average Bonchev–Trinajstić information content (AvgIpc) is 2.57. The fourth-order valence-electron chi connectivity index (χ4n) is 3.49. The zero-order chi connectivity index (χ0) is 20.5. The van der Waals surface area contributed by atoms with E-state index in [-0.39, 0.29) is 12.1 Å². The van der Waals surface area contributed by atoms with E-state index in [2.05, 4.69) is 9.98 Å². The van der Waals surface area contributed by atoms with Gasteiger partial charge in [-0.25, -0.2) is 9.79 Å². The minimum absolute atomic E-state index is 0.158. The van der Waals surface area contributed by atoms with Crippen LogP contribution in [-0.2, 0) is 11.3 Å². The number of benzene rings is 1. The Kier molecular flexibility index (Phi) is 5.43. The first-order valence-electron chi connectivity index (χ1n) is 9.27. The summed E-state index contributed by atoms with van der Waals surface area (Å²) in [5, 5.41) is 0.654. The molecule has 1 aromatic rings. The number of carbonyl (C=O) groups is 1. The van der Waals surface area contributed by atoms with Crippen LogP contribution < -0.4 is 11.5 Å². The molecule has 0 saturated carbocycles. The molecule has 0 bridgehead atoms. The number of hydrogen-bond donors (Lipinski definition) is 2. The molecule has 0 atom stereocenters. The molecule has 0 aromatic heterocycles. The molecule has 152 valence electrons. The number of rotatable bonds is 2. The van der Waals surface area contributed by atoms with E-state index in [9.17, 15) is 4.79 Å². The van der Waals surface area contributed by atoms with Gasteiger partial charge in [0, 0.05) is 37.5 Å². The van der Waals surface area contributed by atoms with Crippen molar-refractivity contribution in [3.63, 3.8) is 0 Å². The van der Waals surface area contributed by atoms with Crippen LogP contribution in [0.5, 0.6) is 0 Å². The van der Waals surface area contributed by atoms with E-state index in [1.165, 1.54) is 0 Å². The molecule has 0 unspecified atom stereocenters. The van der Waals surface area contributed by atoms with Crippen molar-refractivity contribution in [2.45, 2.75) is 51.4 Å². The summed E-state index contributed by atoms with van der Waals surface area (Å²) in [7, 11) is 0. The maximum atomic E-state index is 12.4. The summed E-state index contributed by atoms with van der Waals surface area (Å²) in [6.45, 7) is 7.04. The fourth-order valence-corrected chi connectivity index (χ4v) is 3.70. The Bertz CT molecular complexity index is 809. The molecule has 2 heterocycles. The first-order valence-corrected chi connectivity index (χ1v) is 9.65. The lowest BCUT2D eigenvalue weighted by Gasteiger charge is -2.47. The van der Waals surface area contributed by atoms with E-state index >= 15 is 0 Å². The minimum atomic E-state index is -0.642. The predicted octanol–water partition coefficient (Wildman–Crippen LogP) is 2.51. The van der Waals surface area contributed by atoms with Crippen molar-refractivity contribution >= 4 is 29.6 Å². The van der Waals surface area contributed by atoms with E-state index in [1.54, 1.807) is 4.90 Å². The van der Waals surface area contributed by atoms with Crippen molar-refractivity contribution < 1.29 is 9.53 Å². The number of likely N-dealkylation sites (tertiary alicyclic amines) is 1. The Morgan fingerprint density at radius 1 is 1.29 bits per heavy atom. The molecular formula is C19H27ClN6O2. The van der Waals surface area contributed by atoms with Crippen molar-refractivity contribution in [3.8, 4) is 0 Å². The first kappa shape index (κ1) is 20.3. The fraction of sp³-hybridized carbons (Fsp3) is 0.526. The highest BCUT2D eigenvalue weighted by atomic mass is 35.5. The van der Waals surface area contributed by atoms with E-state index in [0.29, 0.717) is 43.5 Å². The number of halogens is 1. The number of aliphatic imine (C=N–C) groups is 2. The SMILES string of the molecule is CC(C)(C)OC(=O)N1CCC2(CC1)N=C(N)N=C(N)N2Cc1cccc(Cl)c1. The molecule has 28 heavy (non-hydrogen) atoms.